The van der Waals surface area contributed by atoms with Crippen molar-refractivity contribution in [2.24, 2.45) is 0 Å². The van der Waals surface area contributed by atoms with E-state index in [1.54, 1.807) is 6.07 Å². The van der Waals surface area contributed by atoms with Gasteiger partial charge in [0.05, 0.1) is 6.54 Å². The summed E-state index contributed by atoms with van der Waals surface area (Å²) in [6.07, 6.45) is 0. The van der Waals surface area contributed by atoms with Crippen molar-refractivity contribution in [2.45, 2.75) is 33.4 Å². The average Bonchev–Trinajstić information content (AvgIpc) is 2.87. The van der Waals surface area contributed by atoms with Crippen LogP contribution in [-0.4, -0.2) is 0 Å². The van der Waals surface area contributed by atoms with Crippen molar-refractivity contribution in [1.29, 1.82) is 5.26 Å². The van der Waals surface area contributed by atoms with Gasteiger partial charge in [-0.2, -0.15) is 5.26 Å². The maximum Gasteiger partial charge on any atom is 0.203 e. The van der Waals surface area contributed by atoms with Crippen LogP contribution in [0.2, 0.25) is 0 Å². The van der Waals surface area contributed by atoms with Gasteiger partial charge < -0.3 is 9.73 Å². The lowest BCUT2D eigenvalue weighted by atomic mass is 10.00. The van der Waals surface area contributed by atoms with E-state index in [0.29, 0.717) is 12.3 Å². The summed E-state index contributed by atoms with van der Waals surface area (Å²) in [6, 6.07) is 12.2. The minimum absolute atomic E-state index is 0.246. The molecule has 1 aromatic carbocycles. The Morgan fingerprint density at radius 1 is 1.26 bits per heavy atom. The molecule has 1 unspecified atom stereocenters. The third-order valence-corrected chi connectivity index (χ3v) is 3.26. The number of hydrogen-bond acceptors (Lipinski definition) is 3. The summed E-state index contributed by atoms with van der Waals surface area (Å²) in [7, 11) is 0. The number of nitrogens with zero attached hydrogens (tertiary/aromatic N) is 1. The summed E-state index contributed by atoms with van der Waals surface area (Å²) in [5.74, 6) is 1.14. The average molecular weight is 254 g/mol. The van der Waals surface area contributed by atoms with Crippen LogP contribution < -0.4 is 5.32 Å². The van der Waals surface area contributed by atoms with Gasteiger partial charge in [-0.25, -0.2) is 0 Å². The summed E-state index contributed by atoms with van der Waals surface area (Å²) in [5.41, 5.74) is 3.84. The summed E-state index contributed by atoms with van der Waals surface area (Å²) < 4.78 is 5.35. The minimum atomic E-state index is 0.246. The van der Waals surface area contributed by atoms with Crippen molar-refractivity contribution in [3.63, 3.8) is 0 Å². The van der Waals surface area contributed by atoms with Gasteiger partial charge in [0, 0.05) is 6.04 Å². The SMILES string of the molecule is Cc1ccc(C)c(C(C)NCc2ccc(C#N)o2)c1. The largest absolute Gasteiger partial charge is 0.449 e. The van der Waals surface area contributed by atoms with E-state index in [-0.39, 0.29) is 6.04 Å². The third-order valence-electron chi connectivity index (χ3n) is 3.26. The molecule has 0 amide bonds. The van der Waals surface area contributed by atoms with E-state index in [1.807, 2.05) is 12.1 Å². The zero-order valence-corrected chi connectivity index (χ0v) is 11.5. The fourth-order valence-electron chi connectivity index (χ4n) is 2.12. The molecule has 1 N–H and O–H groups in total. The van der Waals surface area contributed by atoms with Crippen LogP contribution in [0.3, 0.4) is 0 Å². The van der Waals surface area contributed by atoms with Crippen molar-refractivity contribution in [2.75, 3.05) is 0 Å². The molecule has 1 aromatic heterocycles. The Morgan fingerprint density at radius 3 is 2.74 bits per heavy atom. The molecule has 0 aliphatic heterocycles. The van der Waals surface area contributed by atoms with Crippen LogP contribution in [0.4, 0.5) is 0 Å². The van der Waals surface area contributed by atoms with Gasteiger partial charge in [-0.3, -0.25) is 0 Å². The molecule has 0 fully saturated rings. The molecule has 0 bridgehead atoms. The molecule has 0 saturated heterocycles. The van der Waals surface area contributed by atoms with Gasteiger partial charge in [0.2, 0.25) is 5.76 Å². The summed E-state index contributed by atoms with van der Waals surface area (Å²) >= 11 is 0. The molecule has 98 valence electrons. The Bertz CT molecular complexity index is 607. The zero-order valence-electron chi connectivity index (χ0n) is 11.5. The van der Waals surface area contributed by atoms with Gasteiger partial charge >= 0.3 is 0 Å². The molecule has 2 rings (SSSR count). The molecule has 0 aliphatic rings. The first-order chi connectivity index (χ1) is 9.10. The van der Waals surface area contributed by atoms with Gasteiger partial charge in [0.25, 0.3) is 0 Å². The number of nitriles is 1. The topological polar surface area (TPSA) is 49.0 Å². The van der Waals surface area contributed by atoms with E-state index in [0.717, 1.165) is 5.76 Å². The lowest BCUT2D eigenvalue weighted by Crippen LogP contribution is -2.18. The van der Waals surface area contributed by atoms with Crippen LogP contribution in [0.15, 0.2) is 34.7 Å². The molecule has 0 saturated carbocycles. The van der Waals surface area contributed by atoms with E-state index in [4.69, 9.17) is 9.68 Å². The molecule has 0 radical (unpaired) electrons. The normalized spacial score (nSPS) is 12.1. The number of benzene rings is 1. The summed E-state index contributed by atoms with van der Waals surface area (Å²) in [6.45, 7) is 6.97. The van der Waals surface area contributed by atoms with Crippen LogP contribution in [0, 0.1) is 25.2 Å². The molecular formula is C16H18N2O. The molecule has 2 aromatic rings. The van der Waals surface area contributed by atoms with Gasteiger partial charge in [-0.15, -0.1) is 0 Å². The fourth-order valence-corrected chi connectivity index (χ4v) is 2.12. The van der Waals surface area contributed by atoms with Crippen LogP contribution in [0.5, 0.6) is 0 Å². The second-order valence-corrected chi connectivity index (χ2v) is 4.84. The van der Waals surface area contributed by atoms with E-state index in [2.05, 4.69) is 44.3 Å². The number of nitrogens with one attached hydrogen (secondary N) is 1. The predicted molar refractivity (Wildman–Crippen MR) is 74.6 cm³/mol. The van der Waals surface area contributed by atoms with E-state index < -0.39 is 0 Å². The quantitative estimate of drug-likeness (QED) is 0.906. The molecule has 3 heteroatoms. The Kier molecular flexibility index (Phi) is 4.03. The standard InChI is InChI=1S/C16H18N2O/c1-11-4-5-12(2)16(8-11)13(3)18-10-15-7-6-14(9-17)19-15/h4-8,13,18H,10H2,1-3H3. The molecule has 1 heterocycles. The highest BCUT2D eigenvalue weighted by Gasteiger charge is 2.09. The summed E-state index contributed by atoms with van der Waals surface area (Å²) in [4.78, 5) is 0. The maximum atomic E-state index is 8.71. The van der Waals surface area contributed by atoms with E-state index in [9.17, 15) is 0 Å². The second-order valence-electron chi connectivity index (χ2n) is 4.84. The van der Waals surface area contributed by atoms with E-state index >= 15 is 0 Å². The first kappa shape index (κ1) is 13.4. The monoisotopic (exact) mass is 254 g/mol. The Morgan fingerprint density at radius 2 is 2.05 bits per heavy atom. The molecule has 0 spiro atoms. The van der Waals surface area contributed by atoms with Crippen LogP contribution in [0.25, 0.3) is 0 Å². The third kappa shape index (κ3) is 3.24. The highest BCUT2D eigenvalue weighted by molar-refractivity contribution is 5.32. The summed E-state index contributed by atoms with van der Waals surface area (Å²) in [5, 5.41) is 12.1. The first-order valence-electron chi connectivity index (χ1n) is 6.39. The number of aryl methyl sites for hydroxylation is 2. The van der Waals surface area contributed by atoms with Gasteiger partial charge in [0.15, 0.2) is 0 Å². The van der Waals surface area contributed by atoms with E-state index in [1.165, 1.54) is 16.7 Å². The van der Waals surface area contributed by atoms with Gasteiger partial charge in [-0.05, 0) is 44.0 Å². The fraction of sp³-hybridized carbons (Fsp3) is 0.312. The van der Waals surface area contributed by atoms with Gasteiger partial charge in [-0.1, -0.05) is 23.8 Å². The van der Waals surface area contributed by atoms with Crippen molar-refractivity contribution in [3.05, 3.63) is 58.5 Å². The Hall–Kier alpha value is -2.05. The number of furan rings is 1. The number of hydrogen-bond donors (Lipinski definition) is 1. The van der Waals surface area contributed by atoms with Crippen molar-refractivity contribution in [1.82, 2.24) is 5.32 Å². The zero-order chi connectivity index (χ0) is 13.8. The molecule has 0 aliphatic carbocycles. The van der Waals surface area contributed by atoms with Crippen molar-refractivity contribution >= 4 is 0 Å². The molecular weight excluding hydrogens is 236 g/mol. The Labute approximate surface area is 113 Å². The molecule has 3 nitrogen and oxygen atoms in total. The lowest BCUT2D eigenvalue weighted by molar-refractivity contribution is 0.453. The lowest BCUT2D eigenvalue weighted by Gasteiger charge is -2.16. The highest BCUT2D eigenvalue weighted by atomic mass is 16.3. The van der Waals surface area contributed by atoms with Crippen molar-refractivity contribution < 1.29 is 4.42 Å². The minimum Gasteiger partial charge on any atom is -0.449 e. The van der Waals surface area contributed by atoms with Crippen LogP contribution in [-0.2, 0) is 6.54 Å². The Balaban J connectivity index is 2.03. The van der Waals surface area contributed by atoms with Crippen LogP contribution >= 0.6 is 0 Å². The van der Waals surface area contributed by atoms with Crippen molar-refractivity contribution in [3.8, 4) is 6.07 Å². The smallest absolute Gasteiger partial charge is 0.203 e. The number of rotatable bonds is 4. The highest BCUT2D eigenvalue weighted by Crippen LogP contribution is 2.19. The first-order valence-corrected chi connectivity index (χ1v) is 6.39. The van der Waals surface area contributed by atoms with Gasteiger partial charge in [0.1, 0.15) is 11.8 Å². The second kappa shape index (κ2) is 5.73. The van der Waals surface area contributed by atoms with Crippen LogP contribution in [0.1, 0.15) is 41.2 Å². The predicted octanol–water partition coefficient (Wildman–Crippen LogP) is 3.62. The molecule has 19 heavy (non-hydrogen) atoms. The molecule has 1 atom stereocenters. The maximum absolute atomic E-state index is 8.71.